The van der Waals surface area contributed by atoms with Gasteiger partial charge in [-0.1, -0.05) is 6.07 Å². The molecule has 100 valence electrons. The van der Waals surface area contributed by atoms with Crippen molar-refractivity contribution < 1.29 is 9.13 Å². The van der Waals surface area contributed by atoms with Crippen LogP contribution in [0.2, 0.25) is 0 Å². The lowest BCUT2D eigenvalue weighted by Gasteiger charge is -2.26. The fraction of sp³-hybridized carbons (Fsp3) is 0.571. The summed E-state index contributed by atoms with van der Waals surface area (Å²) in [6.45, 7) is 2.09. The van der Waals surface area contributed by atoms with E-state index in [2.05, 4.69) is 12.2 Å². The third-order valence-electron chi connectivity index (χ3n) is 3.38. The molecule has 0 spiro atoms. The Bertz CT molecular complexity index is 393. The highest BCUT2D eigenvalue weighted by atomic mass is 32.2. The van der Waals surface area contributed by atoms with Gasteiger partial charge in [0.05, 0.1) is 7.11 Å². The molecule has 2 nitrogen and oxygen atoms in total. The van der Waals surface area contributed by atoms with Gasteiger partial charge in [-0.25, -0.2) is 4.39 Å². The van der Waals surface area contributed by atoms with Crippen LogP contribution in [0.5, 0.6) is 5.75 Å². The molecule has 0 amide bonds. The van der Waals surface area contributed by atoms with Gasteiger partial charge in [-0.05, 0) is 49.0 Å². The highest BCUT2D eigenvalue weighted by molar-refractivity contribution is 7.99. The summed E-state index contributed by atoms with van der Waals surface area (Å²) in [5.74, 6) is 2.46. The van der Waals surface area contributed by atoms with Crippen LogP contribution in [0.1, 0.15) is 31.4 Å². The summed E-state index contributed by atoms with van der Waals surface area (Å²) in [7, 11) is 1.49. The largest absolute Gasteiger partial charge is 0.494 e. The molecule has 0 aliphatic carbocycles. The second kappa shape index (κ2) is 6.43. The minimum absolute atomic E-state index is 0.179. The smallest absolute Gasteiger partial charge is 0.165 e. The molecule has 1 atom stereocenters. The lowest BCUT2D eigenvalue weighted by Crippen LogP contribution is -2.34. The molecule has 1 aromatic carbocycles. The summed E-state index contributed by atoms with van der Waals surface area (Å²) in [5, 5.41) is 3.58. The third kappa shape index (κ3) is 3.39. The Labute approximate surface area is 112 Å². The number of methoxy groups -OCH3 is 1. The number of halogens is 1. The van der Waals surface area contributed by atoms with Crippen LogP contribution in [-0.2, 0) is 0 Å². The van der Waals surface area contributed by atoms with Crippen molar-refractivity contribution in [2.75, 3.05) is 18.6 Å². The van der Waals surface area contributed by atoms with Crippen molar-refractivity contribution in [1.82, 2.24) is 5.32 Å². The molecular weight excluding hydrogens is 249 g/mol. The van der Waals surface area contributed by atoms with Gasteiger partial charge in [0.15, 0.2) is 11.6 Å². The molecule has 1 N–H and O–H groups in total. The van der Waals surface area contributed by atoms with Gasteiger partial charge < -0.3 is 10.1 Å². The van der Waals surface area contributed by atoms with Crippen molar-refractivity contribution in [3.8, 4) is 5.75 Å². The minimum atomic E-state index is -0.289. The zero-order valence-electron chi connectivity index (χ0n) is 10.9. The summed E-state index contributed by atoms with van der Waals surface area (Å²) in [4.78, 5) is 0. The Morgan fingerprint density at radius 1 is 1.39 bits per heavy atom. The monoisotopic (exact) mass is 269 g/mol. The Balaban J connectivity index is 1.99. The molecule has 1 aliphatic rings. The third-order valence-corrected chi connectivity index (χ3v) is 4.43. The van der Waals surface area contributed by atoms with E-state index in [4.69, 9.17) is 4.74 Å². The van der Waals surface area contributed by atoms with E-state index >= 15 is 0 Å². The zero-order chi connectivity index (χ0) is 13.0. The average molecular weight is 269 g/mol. The van der Waals surface area contributed by atoms with Crippen molar-refractivity contribution >= 4 is 11.8 Å². The van der Waals surface area contributed by atoms with E-state index in [1.165, 1.54) is 31.5 Å². The fourth-order valence-corrected chi connectivity index (χ4v) is 3.37. The predicted molar refractivity (Wildman–Crippen MR) is 74.8 cm³/mol. The van der Waals surface area contributed by atoms with E-state index < -0.39 is 0 Å². The van der Waals surface area contributed by atoms with Gasteiger partial charge in [0.1, 0.15) is 0 Å². The van der Waals surface area contributed by atoms with Gasteiger partial charge in [0, 0.05) is 12.1 Å². The van der Waals surface area contributed by atoms with Crippen molar-refractivity contribution in [1.29, 1.82) is 0 Å². The van der Waals surface area contributed by atoms with E-state index in [1.54, 1.807) is 12.1 Å². The number of rotatable bonds is 4. The van der Waals surface area contributed by atoms with Crippen molar-refractivity contribution in [3.63, 3.8) is 0 Å². The van der Waals surface area contributed by atoms with Crippen LogP contribution in [0.15, 0.2) is 18.2 Å². The number of hydrogen-bond donors (Lipinski definition) is 1. The predicted octanol–water partition coefficient (Wildman–Crippen LogP) is 3.38. The van der Waals surface area contributed by atoms with Gasteiger partial charge >= 0.3 is 0 Å². The van der Waals surface area contributed by atoms with E-state index in [-0.39, 0.29) is 11.9 Å². The van der Waals surface area contributed by atoms with E-state index in [9.17, 15) is 4.39 Å². The highest BCUT2D eigenvalue weighted by Gasteiger charge is 2.17. The Kier molecular flexibility index (Phi) is 4.89. The fourth-order valence-electron chi connectivity index (χ4n) is 2.27. The normalized spacial score (nSPS) is 18.6. The van der Waals surface area contributed by atoms with Crippen molar-refractivity contribution in [3.05, 3.63) is 29.6 Å². The molecule has 4 heteroatoms. The molecule has 0 saturated carbocycles. The van der Waals surface area contributed by atoms with E-state index in [0.717, 1.165) is 5.56 Å². The Morgan fingerprint density at radius 2 is 2.11 bits per heavy atom. The average Bonchev–Trinajstić information content (AvgIpc) is 2.39. The summed E-state index contributed by atoms with van der Waals surface area (Å²) < 4.78 is 18.6. The number of ether oxygens (including phenoxy) is 1. The standard InChI is InChI=1S/C14H20FNOS/c1-10(16-12-5-7-18-8-6-12)11-3-4-14(17-2)13(15)9-11/h3-4,9-10,12,16H,5-8H2,1-2H3. The van der Waals surface area contributed by atoms with Gasteiger partial charge in [-0.3, -0.25) is 0 Å². The van der Waals surface area contributed by atoms with Crippen LogP contribution in [-0.4, -0.2) is 24.7 Å². The van der Waals surface area contributed by atoms with Crippen LogP contribution >= 0.6 is 11.8 Å². The first-order chi connectivity index (χ1) is 8.70. The van der Waals surface area contributed by atoms with Gasteiger partial charge in [0.2, 0.25) is 0 Å². The summed E-state index contributed by atoms with van der Waals surface area (Å²) in [5.41, 5.74) is 0.978. The van der Waals surface area contributed by atoms with Crippen LogP contribution in [0.4, 0.5) is 4.39 Å². The molecule has 2 rings (SSSR count). The highest BCUT2D eigenvalue weighted by Crippen LogP contribution is 2.24. The number of nitrogens with one attached hydrogen (secondary N) is 1. The number of benzene rings is 1. The van der Waals surface area contributed by atoms with E-state index in [0.29, 0.717) is 11.8 Å². The van der Waals surface area contributed by atoms with Gasteiger partial charge in [-0.2, -0.15) is 11.8 Å². The molecule has 1 aliphatic heterocycles. The quantitative estimate of drug-likeness (QED) is 0.905. The first-order valence-electron chi connectivity index (χ1n) is 6.38. The molecule has 1 unspecified atom stereocenters. The van der Waals surface area contributed by atoms with Crippen LogP contribution < -0.4 is 10.1 Å². The maximum Gasteiger partial charge on any atom is 0.165 e. The van der Waals surface area contributed by atoms with Crippen molar-refractivity contribution in [2.24, 2.45) is 0 Å². The molecule has 0 radical (unpaired) electrons. The Morgan fingerprint density at radius 3 is 2.72 bits per heavy atom. The van der Waals surface area contributed by atoms with E-state index in [1.807, 2.05) is 17.8 Å². The molecule has 1 heterocycles. The SMILES string of the molecule is COc1ccc(C(C)NC2CCSCC2)cc1F. The van der Waals surface area contributed by atoms with Crippen LogP contribution in [0, 0.1) is 5.82 Å². The number of thioether (sulfide) groups is 1. The first-order valence-corrected chi connectivity index (χ1v) is 7.53. The minimum Gasteiger partial charge on any atom is -0.494 e. The van der Waals surface area contributed by atoms with Gasteiger partial charge in [0.25, 0.3) is 0 Å². The summed E-state index contributed by atoms with van der Waals surface area (Å²) in [6, 6.07) is 5.93. The molecule has 0 bridgehead atoms. The number of hydrogen-bond acceptors (Lipinski definition) is 3. The molecule has 18 heavy (non-hydrogen) atoms. The molecule has 1 aromatic rings. The van der Waals surface area contributed by atoms with Crippen LogP contribution in [0.3, 0.4) is 0 Å². The maximum atomic E-state index is 13.6. The first kappa shape index (κ1) is 13.7. The Hall–Kier alpha value is -0.740. The molecule has 1 saturated heterocycles. The lowest BCUT2D eigenvalue weighted by molar-refractivity contribution is 0.384. The summed E-state index contributed by atoms with van der Waals surface area (Å²) >= 11 is 2.01. The molecular formula is C14H20FNOS. The second-order valence-electron chi connectivity index (χ2n) is 4.67. The summed E-state index contributed by atoms with van der Waals surface area (Å²) in [6.07, 6.45) is 2.40. The maximum absolute atomic E-state index is 13.6. The zero-order valence-corrected chi connectivity index (χ0v) is 11.7. The molecule has 1 fully saturated rings. The van der Waals surface area contributed by atoms with Gasteiger partial charge in [-0.15, -0.1) is 0 Å². The lowest BCUT2D eigenvalue weighted by atomic mass is 10.0. The van der Waals surface area contributed by atoms with Crippen LogP contribution in [0.25, 0.3) is 0 Å². The van der Waals surface area contributed by atoms with Crippen molar-refractivity contribution in [2.45, 2.75) is 31.8 Å². The second-order valence-corrected chi connectivity index (χ2v) is 5.89. The topological polar surface area (TPSA) is 21.3 Å². The molecule has 0 aromatic heterocycles.